The van der Waals surface area contributed by atoms with Gasteiger partial charge in [-0.05, 0) is 37.6 Å². The van der Waals surface area contributed by atoms with Crippen molar-refractivity contribution in [1.29, 1.82) is 0 Å². The van der Waals surface area contributed by atoms with Crippen LogP contribution < -0.4 is 5.73 Å². The zero-order chi connectivity index (χ0) is 16.3. The molecule has 2 aromatic rings. The van der Waals surface area contributed by atoms with Crippen molar-refractivity contribution in [2.24, 2.45) is 5.73 Å². The van der Waals surface area contributed by atoms with Crippen molar-refractivity contribution in [2.45, 2.75) is 19.9 Å². The zero-order valence-electron chi connectivity index (χ0n) is 12.5. The molecule has 0 unspecified atom stereocenters. The van der Waals surface area contributed by atoms with Crippen LogP contribution in [0.4, 0.5) is 8.78 Å². The highest BCUT2D eigenvalue weighted by atomic mass is 19.2. The highest BCUT2D eigenvalue weighted by Gasteiger charge is 2.17. The number of carbonyl (C=O) groups is 1. The van der Waals surface area contributed by atoms with Crippen LogP contribution in [0.15, 0.2) is 24.3 Å². The standard InChI is InChI=1S/C16H18F2N2O2/c1-10-12(16(19)21)9-15(20(10)6-3-7-22-2)11-4-5-13(17)14(18)8-11/h4-5,8-9H,3,6-7H2,1-2H3,(H2,19,21). The third-order valence-electron chi connectivity index (χ3n) is 3.58. The molecule has 1 heterocycles. The maximum atomic E-state index is 13.5. The van der Waals surface area contributed by atoms with E-state index in [1.165, 1.54) is 6.07 Å². The number of methoxy groups -OCH3 is 1. The minimum absolute atomic E-state index is 0.372. The number of amides is 1. The van der Waals surface area contributed by atoms with Crippen LogP contribution in [-0.4, -0.2) is 24.2 Å². The smallest absolute Gasteiger partial charge is 0.250 e. The summed E-state index contributed by atoms with van der Waals surface area (Å²) in [5, 5.41) is 0. The molecule has 0 spiro atoms. The molecule has 118 valence electrons. The van der Waals surface area contributed by atoms with Crippen LogP contribution >= 0.6 is 0 Å². The number of hydrogen-bond donors (Lipinski definition) is 1. The molecule has 1 aromatic carbocycles. The molecule has 0 saturated carbocycles. The van der Waals surface area contributed by atoms with Crippen molar-refractivity contribution in [3.63, 3.8) is 0 Å². The second-order valence-corrected chi connectivity index (χ2v) is 5.02. The van der Waals surface area contributed by atoms with Gasteiger partial charge >= 0.3 is 0 Å². The Hall–Kier alpha value is -2.21. The van der Waals surface area contributed by atoms with Crippen LogP contribution in [0.1, 0.15) is 22.5 Å². The summed E-state index contributed by atoms with van der Waals surface area (Å²) in [4.78, 5) is 11.5. The molecule has 0 fully saturated rings. The Labute approximate surface area is 127 Å². The van der Waals surface area contributed by atoms with Crippen molar-refractivity contribution in [3.8, 4) is 11.3 Å². The van der Waals surface area contributed by atoms with E-state index in [4.69, 9.17) is 10.5 Å². The highest BCUT2D eigenvalue weighted by molar-refractivity contribution is 5.95. The maximum Gasteiger partial charge on any atom is 0.250 e. The number of halogens is 2. The van der Waals surface area contributed by atoms with E-state index in [1.54, 1.807) is 20.1 Å². The molecule has 0 aliphatic carbocycles. The van der Waals surface area contributed by atoms with Crippen LogP contribution in [0.25, 0.3) is 11.3 Å². The van der Waals surface area contributed by atoms with Crippen molar-refractivity contribution in [2.75, 3.05) is 13.7 Å². The first-order valence-electron chi connectivity index (χ1n) is 6.90. The van der Waals surface area contributed by atoms with Crippen LogP contribution in [0.2, 0.25) is 0 Å². The molecule has 0 aliphatic heterocycles. The average Bonchev–Trinajstić information content (AvgIpc) is 2.80. The van der Waals surface area contributed by atoms with Crippen LogP contribution in [0.3, 0.4) is 0 Å². The fourth-order valence-corrected chi connectivity index (χ4v) is 2.44. The number of aromatic nitrogens is 1. The zero-order valence-corrected chi connectivity index (χ0v) is 12.5. The lowest BCUT2D eigenvalue weighted by molar-refractivity contribution is 0.0999. The van der Waals surface area contributed by atoms with E-state index in [9.17, 15) is 13.6 Å². The number of carbonyl (C=O) groups excluding carboxylic acids is 1. The minimum Gasteiger partial charge on any atom is -0.385 e. The molecule has 0 atom stereocenters. The van der Waals surface area contributed by atoms with Gasteiger partial charge in [-0.25, -0.2) is 8.78 Å². The molecular formula is C16H18F2N2O2. The molecule has 2 rings (SSSR count). The Kier molecular flexibility index (Phi) is 4.92. The number of benzene rings is 1. The van der Waals surface area contributed by atoms with E-state index >= 15 is 0 Å². The van der Waals surface area contributed by atoms with E-state index in [0.717, 1.165) is 18.6 Å². The number of nitrogens with zero attached hydrogens (tertiary/aromatic N) is 1. The normalized spacial score (nSPS) is 10.9. The van der Waals surface area contributed by atoms with E-state index in [1.807, 2.05) is 4.57 Å². The number of primary amides is 1. The summed E-state index contributed by atoms with van der Waals surface area (Å²) in [6.45, 7) is 2.91. The van der Waals surface area contributed by atoms with Gasteiger partial charge in [0, 0.05) is 37.2 Å². The van der Waals surface area contributed by atoms with Gasteiger partial charge in [-0.1, -0.05) is 0 Å². The van der Waals surface area contributed by atoms with Crippen LogP contribution in [0, 0.1) is 18.6 Å². The van der Waals surface area contributed by atoms with Gasteiger partial charge < -0.3 is 15.0 Å². The lowest BCUT2D eigenvalue weighted by atomic mass is 10.1. The SMILES string of the molecule is COCCCn1c(-c2ccc(F)c(F)c2)cc(C(N)=O)c1C. The number of rotatable bonds is 6. The summed E-state index contributed by atoms with van der Waals surface area (Å²) in [6, 6.07) is 5.26. The summed E-state index contributed by atoms with van der Waals surface area (Å²) in [7, 11) is 1.60. The molecule has 1 aromatic heterocycles. The predicted molar refractivity (Wildman–Crippen MR) is 79.5 cm³/mol. The molecular weight excluding hydrogens is 290 g/mol. The van der Waals surface area contributed by atoms with E-state index < -0.39 is 17.5 Å². The summed E-state index contributed by atoms with van der Waals surface area (Å²) < 4.78 is 33.5. The first-order chi connectivity index (χ1) is 10.5. The van der Waals surface area contributed by atoms with E-state index in [0.29, 0.717) is 35.7 Å². The maximum absolute atomic E-state index is 13.5. The summed E-state index contributed by atoms with van der Waals surface area (Å²) >= 11 is 0. The van der Waals surface area contributed by atoms with Crippen molar-refractivity contribution < 1.29 is 18.3 Å². The Bertz CT molecular complexity index is 696. The molecule has 2 N–H and O–H groups in total. The molecule has 0 radical (unpaired) electrons. The Morgan fingerprint density at radius 2 is 2.00 bits per heavy atom. The molecule has 0 bridgehead atoms. The first-order valence-corrected chi connectivity index (χ1v) is 6.90. The summed E-state index contributed by atoms with van der Waals surface area (Å²) in [5.74, 6) is -2.39. The van der Waals surface area contributed by atoms with E-state index in [2.05, 4.69) is 0 Å². The van der Waals surface area contributed by atoms with Gasteiger partial charge in [-0.2, -0.15) is 0 Å². The van der Waals surface area contributed by atoms with Crippen molar-refractivity contribution >= 4 is 5.91 Å². The monoisotopic (exact) mass is 308 g/mol. The summed E-state index contributed by atoms with van der Waals surface area (Å²) in [6.07, 6.45) is 0.723. The van der Waals surface area contributed by atoms with Crippen LogP contribution in [-0.2, 0) is 11.3 Å². The second kappa shape index (κ2) is 6.70. The quantitative estimate of drug-likeness (QED) is 0.834. The minimum atomic E-state index is -0.930. The molecule has 1 amide bonds. The van der Waals surface area contributed by atoms with Gasteiger partial charge in [0.15, 0.2) is 11.6 Å². The fraction of sp³-hybridized carbons (Fsp3) is 0.312. The van der Waals surface area contributed by atoms with E-state index in [-0.39, 0.29) is 0 Å². The van der Waals surface area contributed by atoms with Gasteiger partial charge in [0.05, 0.1) is 5.56 Å². The molecule has 22 heavy (non-hydrogen) atoms. The van der Waals surface area contributed by atoms with Gasteiger partial charge in [0.25, 0.3) is 5.91 Å². The Morgan fingerprint density at radius 1 is 1.27 bits per heavy atom. The molecule has 6 heteroatoms. The van der Waals surface area contributed by atoms with Gasteiger partial charge in [0.1, 0.15) is 0 Å². The Morgan fingerprint density at radius 3 is 2.59 bits per heavy atom. The lowest BCUT2D eigenvalue weighted by Crippen LogP contribution is -2.13. The first kappa shape index (κ1) is 16.2. The Balaban J connectivity index is 2.49. The third-order valence-corrected chi connectivity index (χ3v) is 3.58. The van der Waals surface area contributed by atoms with Gasteiger partial charge in [-0.3, -0.25) is 4.79 Å². The fourth-order valence-electron chi connectivity index (χ4n) is 2.44. The molecule has 0 aliphatic rings. The van der Waals surface area contributed by atoms with Gasteiger partial charge in [0.2, 0.25) is 0 Å². The average molecular weight is 308 g/mol. The topological polar surface area (TPSA) is 57.2 Å². The van der Waals surface area contributed by atoms with Gasteiger partial charge in [-0.15, -0.1) is 0 Å². The predicted octanol–water partition coefficient (Wildman–Crippen LogP) is 2.88. The third kappa shape index (κ3) is 3.17. The summed E-state index contributed by atoms with van der Waals surface area (Å²) in [5.41, 5.74) is 7.56. The number of ether oxygens (including phenoxy) is 1. The second-order valence-electron chi connectivity index (χ2n) is 5.02. The van der Waals surface area contributed by atoms with Crippen molar-refractivity contribution in [1.82, 2.24) is 4.57 Å². The molecule has 0 saturated heterocycles. The number of hydrogen-bond acceptors (Lipinski definition) is 2. The number of nitrogens with two attached hydrogens (primary N) is 1. The highest BCUT2D eigenvalue weighted by Crippen LogP contribution is 2.27. The molecule has 4 nitrogen and oxygen atoms in total. The largest absolute Gasteiger partial charge is 0.385 e. The van der Waals surface area contributed by atoms with Crippen molar-refractivity contribution in [3.05, 3.63) is 47.2 Å². The lowest BCUT2D eigenvalue weighted by Gasteiger charge is -2.12. The van der Waals surface area contributed by atoms with Crippen LogP contribution in [0.5, 0.6) is 0 Å².